The lowest BCUT2D eigenvalue weighted by molar-refractivity contribution is -0.119. The third-order valence-electron chi connectivity index (χ3n) is 2.79. The van der Waals surface area contributed by atoms with Gasteiger partial charge in [0.15, 0.2) is 5.16 Å². The monoisotopic (exact) mass is 305 g/mol. The summed E-state index contributed by atoms with van der Waals surface area (Å²) in [6, 6.07) is 6.91. The number of imide groups is 1. The Morgan fingerprint density at radius 1 is 1.38 bits per heavy atom. The Morgan fingerprint density at radius 3 is 2.76 bits per heavy atom. The Hall–Kier alpha value is -2.35. The van der Waals surface area contributed by atoms with E-state index in [9.17, 15) is 9.59 Å². The van der Waals surface area contributed by atoms with Crippen LogP contribution in [0.4, 0.5) is 4.79 Å². The van der Waals surface area contributed by atoms with Crippen LogP contribution in [0.1, 0.15) is 12.5 Å². The molecule has 1 aromatic carbocycles. The maximum Gasteiger partial charge on any atom is 0.318 e. The number of thioether (sulfide) groups is 1. The molecular formula is C13H15N5O2S. The average molecular weight is 305 g/mol. The van der Waals surface area contributed by atoms with Gasteiger partial charge >= 0.3 is 6.03 Å². The molecule has 3 amide bonds. The van der Waals surface area contributed by atoms with E-state index in [0.29, 0.717) is 5.16 Å². The first-order valence-corrected chi connectivity index (χ1v) is 7.10. The molecule has 2 rings (SSSR count). The Bertz CT molecular complexity index is 670. The first kappa shape index (κ1) is 15.0. The number of carbonyl (C=O) groups excluding carboxylic acids is 2. The Labute approximate surface area is 125 Å². The van der Waals surface area contributed by atoms with Crippen molar-refractivity contribution in [2.45, 2.75) is 24.3 Å². The summed E-state index contributed by atoms with van der Waals surface area (Å²) >= 11 is 1.20. The summed E-state index contributed by atoms with van der Waals surface area (Å²) in [5, 5.41) is 9.99. The molecular weight excluding hydrogens is 290 g/mol. The fourth-order valence-corrected chi connectivity index (χ4v) is 2.57. The van der Waals surface area contributed by atoms with Crippen LogP contribution in [-0.4, -0.2) is 32.0 Å². The molecule has 7 nitrogen and oxygen atoms in total. The molecule has 0 unspecified atom stereocenters. The van der Waals surface area contributed by atoms with Gasteiger partial charge in [-0.15, -0.1) is 10.2 Å². The molecule has 0 radical (unpaired) electrons. The number of benzene rings is 1. The number of urea groups is 1. The Morgan fingerprint density at radius 2 is 2.10 bits per heavy atom. The van der Waals surface area contributed by atoms with E-state index < -0.39 is 17.2 Å². The second-order valence-electron chi connectivity index (χ2n) is 4.38. The highest BCUT2D eigenvalue weighted by Gasteiger charge is 2.19. The molecule has 110 valence electrons. The minimum atomic E-state index is -0.868. The molecule has 1 heterocycles. The maximum absolute atomic E-state index is 11.7. The molecule has 0 saturated heterocycles. The van der Waals surface area contributed by atoms with E-state index in [1.165, 1.54) is 11.8 Å². The molecule has 0 spiro atoms. The molecule has 0 aliphatic rings. The lowest BCUT2D eigenvalue weighted by atomic mass is 10.2. The Balaban J connectivity index is 2.20. The van der Waals surface area contributed by atoms with Gasteiger partial charge in [-0.05, 0) is 25.5 Å². The zero-order valence-corrected chi connectivity index (χ0v) is 12.4. The van der Waals surface area contributed by atoms with Crippen molar-refractivity contribution in [3.8, 4) is 5.69 Å². The Kier molecular flexibility index (Phi) is 4.59. The molecule has 8 heteroatoms. The largest absolute Gasteiger partial charge is 0.351 e. The molecule has 0 fully saturated rings. The molecule has 0 aliphatic carbocycles. The summed E-state index contributed by atoms with van der Waals surface area (Å²) in [4.78, 5) is 22.4. The number of amides is 3. The van der Waals surface area contributed by atoms with Crippen LogP contribution in [0.3, 0.4) is 0 Å². The third kappa shape index (κ3) is 3.60. The van der Waals surface area contributed by atoms with E-state index in [1.807, 2.05) is 36.5 Å². The fourth-order valence-electron chi connectivity index (χ4n) is 1.74. The van der Waals surface area contributed by atoms with Gasteiger partial charge in [0.25, 0.3) is 0 Å². The SMILES string of the molecule is Cc1ccccc1-n1cnnc1S[C@H](C)C(=O)NC(N)=O. The summed E-state index contributed by atoms with van der Waals surface area (Å²) in [5.41, 5.74) is 6.93. The van der Waals surface area contributed by atoms with Crippen LogP contribution in [0.2, 0.25) is 0 Å². The smallest absolute Gasteiger partial charge is 0.318 e. The van der Waals surface area contributed by atoms with Crippen LogP contribution < -0.4 is 11.1 Å². The van der Waals surface area contributed by atoms with Crippen molar-refractivity contribution < 1.29 is 9.59 Å². The zero-order valence-electron chi connectivity index (χ0n) is 11.6. The number of nitrogens with one attached hydrogen (secondary N) is 1. The van der Waals surface area contributed by atoms with Crippen molar-refractivity contribution in [2.24, 2.45) is 5.73 Å². The number of rotatable bonds is 4. The number of hydrogen-bond acceptors (Lipinski definition) is 5. The van der Waals surface area contributed by atoms with Gasteiger partial charge in [-0.1, -0.05) is 30.0 Å². The third-order valence-corrected chi connectivity index (χ3v) is 3.85. The lowest BCUT2D eigenvalue weighted by Crippen LogP contribution is -2.39. The van der Waals surface area contributed by atoms with E-state index in [0.717, 1.165) is 11.3 Å². The first-order valence-electron chi connectivity index (χ1n) is 6.22. The minimum absolute atomic E-state index is 0.466. The van der Waals surface area contributed by atoms with Gasteiger partial charge in [-0.3, -0.25) is 14.7 Å². The van der Waals surface area contributed by atoms with Gasteiger partial charge in [-0.25, -0.2) is 4.79 Å². The van der Waals surface area contributed by atoms with E-state index in [1.54, 1.807) is 17.8 Å². The maximum atomic E-state index is 11.7. The van der Waals surface area contributed by atoms with Crippen LogP contribution in [0, 0.1) is 6.92 Å². The molecule has 2 aromatic rings. The van der Waals surface area contributed by atoms with Crippen LogP contribution >= 0.6 is 11.8 Å². The predicted molar refractivity (Wildman–Crippen MR) is 79.1 cm³/mol. The van der Waals surface area contributed by atoms with Crippen molar-refractivity contribution in [2.75, 3.05) is 0 Å². The second kappa shape index (κ2) is 6.40. The highest BCUT2D eigenvalue weighted by molar-refractivity contribution is 8.00. The molecule has 1 aromatic heterocycles. The van der Waals surface area contributed by atoms with Gasteiger partial charge in [-0.2, -0.15) is 0 Å². The molecule has 0 bridgehead atoms. The van der Waals surface area contributed by atoms with Crippen molar-refractivity contribution in [3.05, 3.63) is 36.2 Å². The molecule has 21 heavy (non-hydrogen) atoms. The summed E-state index contributed by atoms with van der Waals surface area (Å²) in [7, 11) is 0. The van der Waals surface area contributed by atoms with Crippen molar-refractivity contribution in [1.82, 2.24) is 20.1 Å². The average Bonchev–Trinajstić information content (AvgIpc) is 2.86. The van der Waals surface area contributed by atoms with Crippen LogP contribution in [-0.2, 0) is 4.79 Å². The second-order valence-corrected chi connectivity index (χ2v) is 5.69. The molecule has 1 atom stereocenters. The van der Waals surface area contributed by atoms with Gasteiger partial charge < -0.3 is 5.73 Å². The quantitative estimate of drug-likeness (QED) is 0.828. The summed E-state index contributed by atoms with van der Waals surface area (Å²) < 4.78 is 1.80. The molecule has 0 saturated carbocycles. The summed E-state index contributed by atoms with van der Waals surface area (Å²) in [5.74, 6) is -0.466. The standard InChI is InChI=1S/C13H15N5O2S/c1-8-5-3-4-6-10(8)18-7-15-17-13(18)21-9(2)11(19)16-12(14)20/h3-7,9H,1-2H3,(H3,14,16,19,20)/t9-/m1/s1. The fraction of sp³-hybridized carbons (Fsp3) is 0.231. The van der Waals surface area contributed by atoms with Crippen molar-refractivity contribution in [3.63, 3.8) is 0 Å². The number of primary amides is 1. The minimum Gasteiger partial charge on any atom is -0.351 e. The first-order chi connectivity index (χ1) is 9.99. The highest BCUT2D eigenvalue weighted by atomic mass is 32.2. The lowest BCUT2D eigenvalue weighted by Gasteiger charge is -2.12. The molecule has 3 N–H and O–H groups in total. The van der Waals surface area contributed by atoms with Crippen LogP contribution in [0.15, 0.2) is 35.7 Å². The van der Waals surface area contributed by atoms with E-state index in [-0.39, 0.29) is 0 Å². The number of aromatic nitrogens is 3. The van der Waals surface area contributed by atoms with Crippen LogP contribution in [0.5, 0.6) is 0 Å². The summed E-state index contributed by atoms with van der Waals surface area (Å²) in [6.07, 6.45) is 1.59. The van der Waals surface area contributed by atoms with E-state index in [4.69, 9.17) is 5.73 Å². The normalized spacial score (nSPS) is 11.9. The number of para-hydroxylation sites is 1. The number of nitrogens with two attached hydrogens (primary N) is 1. The van der Waals surface area contributed by atoms with Crippen molar-refractivity contribution in [1.29, 1.82) is 0 Å². The number of carbonyl (C=O) groups is 2. The molecule has 0 aliphatic heterocycles. The van der Waals surface area contributed by atoms with Gasteiger partial charge in [0.2, 0.25) is 5.91 Å². The summed E-state index contributed by atoms with van der Waals surface area (Å²) in [6.45, 7) is 3.65. The number of aryl methyl sites for hydroxylation is 1. The topological polar surface area (TPSA) is 103 Å². The van der Waals surface area contributed by atoms with Gasteiger partial charge in [0.05, 0.1) is 10.9 Å². The van der Waals surface area contributed by atoms with E-state index >= 15 is 0 Å². The van der Waals surface area contributed by atoms with E-state index in [2.05, 4.69) is 10.2 Å². The van der Waals surface area contributed by atoms with Crippen LogP contribution in [0.25, 0.3) is 5.69 Å². The zero-order chi connectivity index (χ0) is 15.4. The van der Waals surface area contributed by atoms with Crippen molar-refractivity contribution >= 4 is 23.7 Å². The van der Waals surface area contributed by atoms with Gasteiger partial charge in [0.1, 0.15) is 6.33 Å². The highest BCUT2D eigenvalue weighted by Crippen LogP contribution is 2.25. The number of nitrogens with zero attached hydrogens (tertiary/aromatic N) is 3. The van der Waals surface area contributed by atoms with Gasteiger partial charge in [0, 0.05) is 0 Å². The number of hydrogen-bond donors (Lipinski definition) is 2. The predicted octanol–water partition coefficient (Wildman–Crippen LogP) is 1.25.